The van der Waals surface area contributed by atoms with Gasteiger partial charge in [-0.25, -0.2) is 0 Å². The summed E-state index contributed by atoms with van der Waals surface area (Å²) in [6.07, 6.45) is 3.27. The average Bonchev–Trinajstić information content (AvgIpc) is 2.31. The standard InChI is InChI=1S/C12H9N2O/c15-12(10-4-2-1-3-5-10)14-11-6-8-13-9-7-11/h2-9H,(H,13,14,15). The highest BCUT2D eigenvalue weighted by atomic mass is 16.1. The van der Waals surface area contributed by atoms with Gasteiger partial charge in [-0.1, -0.05) is 12.1 Å². The third kappa shape index (κ3) is 2.40. The predicted molar refractivity (Wildman–Crippen MR) is 57.5 cm³/mol. The van der Waals surface area contributed by atoms with Crippen LogP contribution in [0, 0.1) is 6.07 Å². The van der Waals surface area contributed by atoms with Crippen molar-refractivity contribution in [3.05, 3.63) is 60.4 Å². The van der Waals surface area contributed by atoms with Crippen LogP contribution < -0.4 is 5.32 Å². The lowest BCUT2D eigenvalue weighted by Crippen LogP contribution is -2.11. The van der Waals surface area contributed by atoms with E-state index in [0.717, 1.165) is 5.69 Å². The van der Waals surface area contributed by atoms with Crippen LogP contribution >= 0.6 is 0 Å². The molecular formula is C12H9N2O. The Morgan fingerprint density at radius 3 is 2.47 bits per heavy atom. The number of carbonyl (C=O) groups excluding carboxylic acids is 1. The summed E-state index contributed by atoms with van der Waals surface area (Å²) in [6, 6.07) is 13.2. The van der Waals surface area contributed by atoms with Crippen molar-refractivity contribution in [3.63, 3.8) is 0 Å². The summed E-state index contributed by atoms with van der Waals surface area (Å²) in [5, 5.41) is 2.77. The Morgan fingerprint density at radius 1 is 1.13 bits per heavy atom. The summed E-state index contributed by atoms with van der Waals surface area (Å²) < 4.78 is 0. The molecule has 15 heavy (non-hydrogen) atoms. The molecule has 0 bridgehead atoms. The average molecular weight is 197 g/mol. The monoisotopic (exact) mass is 197 g/mol. The Morgan fingerprint density at radius 2 is 1.80 bits per heavy atom. The molecule has 0 saturated heterocycles. The highest BCUT2D eigenvalue weighted by molar-refractivity contribution is 6.04. The van der Waals surface area contributed by atoms with Crippen LogP contribution in [0.4, 0.5) is 5.69 Å². The van der Waals surface area contributed by atoms with Crippen molar-refractivity contribution in [2.45, 2.75) is 0 Å². The number of hydrogen-bond acceptors (Lipinski definition) is 2. The molecule has 1 heterocycles. The van der Waals surface area contributed by atoms with Crippen molar-refractivity contribution in [2.75, 3.05) is 5.32 Å². The Bertz CT molecular complexity index is 440. The van der Waals surface area contributed by atoms with E-state index in [0.29, 0.717) is 5.56 Å². The largest absolute Gasteiger partial charge is 0.322 e. The fourth-order valence-corrected chi connectivity index (χ4v) is 1.18. The van der Waals surface area contributed by atoms with E-state index in [4.69, 9.17) is 0 Å². The van der Waals surface area contributed by atoms with Gasteiger partial charge in [0.2, 0.25) is 0 Å². The van der Waals surface area contributed by atoms with Crippen LogP contribution in [-0.2, 0) is 0 Å². The van der Waals surface area contributed by atoms with Crippen LogP contribution in [-0.4, -0.2) is 10.9 Å². The first kappa shape index (κ1) is 9.40. The normalized spacial score (nSPS) is 9.60. The third-order valence-corrected chi connectivity index (χ3v) is 1.92. The zero-order chi connectivity index (χ0) is 10.5. The molecule has 1 amide bonds. The predicted octanol–water partition coefficient (Wildman–Crippen LogP) is 2.13. The summed E-state index contributed by atoms with van der Waals surface area (Å²) in [5.74, 6) is -0.129. The van der Waals surface area contributed by atoms with Crippen LogP contribution in [0.25, 0.3) is 0 Å². The molecular weight excluding hydrogens is 188 g/mol. The minimum absolute atomic E-state index is 0.129. The van der Waals surface area contributed by atoms with E-state index in [1.165, 1.54) is 0 Å². The Hall–Kier alpha value is -2.16. The van der Waals surface area contributed by atoms with E-state index in [1.54, 1.807) is 48.8 Å². The van der Waals surface area contributed by atoms with Crippen LogP contribution in [0.1, 0.15) is 10.4 Å². The van der Waals surface area contributed by atoms with E-state index < -0.39 is 0 Å². The van der Waals surface area contributed by atoms with Gasteiger partial charge in [0.05, 0.1) is 0 Å². The first-order chi connectivity index (χ1) is 7.36. The molecule has 0 aliphatic carbocycles. The lowest BCUT2D eigenvalue weighted by Gasteiger charge is -2.03. The summed E-state index contributed by atoms with van der Waals surface area (Å²) in [6.45, 7) is 0. The Balaban J connectivity index is 2.12. The number of amides is 1. The van der Waals surface area contributed by atoms with Gasteiger partial charge in [-0.2, -0.15) is 0 Å². The van der Waals surface area contributed by atoms with Crippen LogP contribution in [0.2, 0.25) is 0 Å². The summed E-state index contributed by atoms with van der Waals surface area (Å²) in [7, 11) is 0. The second-order valence-corrected chi connectivity index (χ2v) is 2.98. The fourth-order valence-electron chi connectivity index (χ4n) is 1.18. The van der Waals surface area contributed by atoms with E-state index >= 15 is 0 Å². The van der Waals surface area contributed by atoms with E-state index in [1.807, 2.05) is 0 Å². The van der Waals surface area contributed by atoms with E-state index in [2.05, 4.69) is 16.4 Å². The van der Waals surface area contributed by atoms with Gasteiger partial charge in [-0.05, 0) is 30.3 Å². The van der Waals surface area contributed by atoms with E-state index in [9.17, 15) is 4.79 Å². The number of aromatic nitrogens is 1. The molecule has 0 aliphatic rings. The van der Waals surface area contributed by atoms with Gasteiger partial charge in [-0.3, -0.25) is 9.78 Å². The number of anilines is 1. The van der Waals surface area contributed by atoms with Gasteiger partial charge in [0.25, 0.3) is 5.91 Å². The van der Waals surface area contributed by atoms with Crippen LogP contribution in [0.5, 0.6) is 0 Å². The highest BCUT2D eigenvalue weighted by Crippen LogP contribution is 2.06. The van der Waals surface area contributed by atoms with Gasteiger partial charge in [0.1, 0.15) is 0 Å². The lowest BCUT2D eigenvalue weighted by molar-refractivity contribution is 0.102. The molecule has 2 aromatic rings. The van der Waals surface area contributed by atoms with Gasteiger partial charge < -0.3 is 5.32 Å². The van der Waals surface area contributed by atoms with Crippen molar-refractivity contribution in [3.8, 4) is 0 Å². The van der Waals surface area contributed by atoms with Gasteiger partial charge in [0, 0.05) is 23.6 Å². The number of hydrogen-bond donors (Lipinski definition) is 1. The fraction of sp³-hybridized carbons (Fsp3) is 0. The molecule has 1 N–H and O–H groups in total. The van der Waals surface area contributed by atoms with Crippen molar-refractivity contribution >= 4 is 11.6 Å². The van der Waals surface area contributed by atoms with Gasteiger partial charge >= 0.3 is 0 Å². The molecule has 3 heteroatoms. The molecule has 73 valence electrons. The zero-order valence-electron chi connectivity index (χ0n) is 7.97. The third-order valence-electron chi connectivity index (χ3n) is 1.92. The zero-order valence-corrected chi connectivity index (χ0v) is 7.97. The molecule has 1 aromatic carbocycles. The number of nitrogens with zero attached hydrogens (tertiary/aromatic N) is 1. The number of rotatable bonds is 2. The number of pyridine rings is 1. The van der Waals surface area contributed by atoms with Gasteiger partial charge in [-0.15, -0.1) is 0 Å². The molecule has 3 nitrogen and oxygen atoms in total. The number of benzene rings is 1. The van der Waals surface area contributed by atoms with Crippen molar-refractivity contribution in [1.29, 1.82) is 0 Å². The quantitative estimate of drug-likeness (QED) is 0.801. The molecule has 2 rings (SSSR count). The topological polar surface area (TPSA) is 42.0 Å². The summed E-state index contributed by atoms with van der Waals surface area (Å²) in [4.78, 5) is 15.5. The molecule has 0 aliphatic heterocycles. The van der Waals surface area contributed by atoms with Crippen molar-refractivity contribution in [2.24, 2.45) is 0 Å². The Kier molecular flexibility index (Phi) is 2.74. The number of nitrogens with one attached hydrogen (secondary N) is 1. The second kappa shape index (κ2) is 4.37. The number of carbonyl (C=O) groups is 1. The maximum Gasteiger partial charge on any atom is 0.255 e. The summed E-state index contributed by atoms with van der Waals surface area (Å²) >= 11 is 0. The molecule has 0 atom stereocenters. The van der Waals surface area contributed by atoms with Crippen molar-refractivity contribution < 1.29 is 4.79 Å². The minimum Gasteiger partial charge on any atom is -0.322 e. The minimum atomic E-state index is -0.129. The van der Waals surface area contributed by atoms with E-state index in [-0.39, 0.29) is 5.91 Å². The maximum absolute atomic E-state index is 11.7. The molecule has 0 saturated carbocycles. The molecule has 1 aromatic heterocycles. The van der Waals surface area contributed by atoms with Gasteiger partial charge in [0.15, 0.2) is 0 Å². The highest BCUT2D eigenvalue weighted by Gasteiger charge is 2.03. The van der Waals surface area contributed by atoms with Crippen LogP contribution in [0.3, 0.4) is 0 Å². The smallest absolute Gasteiger partial charge is 0.255 e. The second-order valence-electron chi connectivity index (χ2n) is 2.98. The molecule has 0 fully saturated rings. The Labute approximate surface area is 87.8 Å². The molecule has 0 spiro atoms. The maximum atomic E-state index is 11.7. The van der Waals surface area contributed by atoms with Crippen molar-refractivity contribution in [1.82, 2.24) is 4.98 Å². The molecule has 0 unspecified atom stereocenters. The van der Waals surface area contributed by atoms with Crippen LogP contribution in [0.15, 0.2) is 48.8 Å². The molecule has 1 radical (unpaired) electrons. The SMILES string of the molecule is O=C(Nc1ccncc1)c1cc[c]cc1. The summed E-state index contributed by atoms with van der Waals surface area (Å²) in [5.41, 5.74) is 1.35. The lowest BCUT2D eigenvalue weighted by atomic mass is 10.2. The first-order valence-electron chi connectivity index (χ1n) is 4.54. The first-order valence-corrected chi connectivity index (χ1v) is 4.54.